The highest BCUT2D eigenvalue weighted by Gasteiger charge is 2.12. The fourth-order valence-electron chi connectivity index (χ4n) is 2.10. The molecule has 0 atom stereocenters. The van der Waals surface area contributed by atoms with E-state index in [0.717, 1.165) is 21.4 Å². The first-order chi connectivity index (χ1) is 12.0. The van der Waals surface area contributed by atoms with Crippen LogP contribution >= 0.6 is 39.3 Å². The molecule has 128 valence electrons. The van der Waals surface area contributed by atoms with Gasteiger partial charge in [0.05, 0.1) is 11.4 Å². The van der Waals surface area contributed by atoms with E-state index in [-0.39, 0.29) is 11.7 Å². The summed E-state index contributed by atoms with van der Waals surface area (Å²) >= 11 is 10.6. The standard InChI is InChI=1S/C16H13BrClN5OS/c1-10-8-11(17)2-7-14(10)19-15(24)9-25-16-20-21-22-23(16)13-5-3-12(18)4-6-13/h2-8H,9H2,1H3,(H,19,24). The molecule has 0 aliphatic rings. The van der Waals surface area contributed by atoms with Crippen molar-refractivity contribution < 1.29 is 4.79 Å². The van der Waals surface area contributed by atoms with Gasteiger partial charge in [0.2, 0.25) is 11.1 Å². The van der Waals surface area contributed by atoms with Gasteiger partial charge in [-0.25, -0.2) is 0 Å². The lowest BCUT2D eigenvalue weighted by molar-refractivity contribution is -0.113. The third-order valence-corrected chi connectivity index (χ3v) is 4.97. The van der Waals surface area contributed by atoms with Crippen molar-refractivity contribution in [3.63, 3.8) is 0 Å². The van der Waals surface area contributed by atoms with Crippen LogP contribution in [0.1, 0.15) is 5.56 Å². The summed E-state index contributed by atoms with van der Waals surface area (Å²) < 4.78 is 2.54. The number of hydrogen-bond acceptors (Lipinski definition) is 5. The highest BCUT2D eigenvalue weighted by atomic mass is 79.9. The Hall–Kier alpha value is -1.90. The van der Waals surface area contributed by atoms with Crippen LogP contribution in [0.2, 0.25) is 5.02 Å². The van der Waals surface area contributed by atoms with Crippen LogP contribution in [0.5, 0.6) is 0 Å². The van der Waals surface area contributed by atoms with Crippen molar-refractivity contribution in [2.45, 2.75) is 12.1 Å². The molecule has 1 N–H and O–H groups in total. The summed E-state index contributed by atoms with van der Waals surface area (Å²) in [6.07, 6.45) is 0. The van der Waals surface area contributed by atoms with Crippen molar-refractivity contribution in [2.75, 3.05) is 11.1 Å². The Morgan fingerprint density at radius 1 is 1.28 bits per heavy atom. The summed E-state index contributed by atoms with van der Waals surface area (Å²) in [6, 6.07) is 12.8. The molecule has 2 aromatic carbocycles. The molecular formula is C16H13BrClN5OS. The van der Waals surface area contributed by atoms with Crippen LogP contribution in [0.3, 0.4) is 0 Å². The number of amides is 1. The van der Waals surface area contributed by atoms with E-state index in [4.69, 9.17) is 11.6 Å². The van der Waals surface area contributed by atoms with E-state index in [1.165, 1.54) is 11.8 Å². The number of anilines is 1. The molecule has 0 bridgehead atoms. The molecule has 3 aromatic rings. The number of aryl methyl sites for hydroxylation is 1. The average molecular weight is 439 g/mol. The lowest BCUT2D eigenvalue weighted by atomic mass is 10.2. The Balaban J connectivity index is 1.65. The van der Waals surface area contributed by atoms with Crippen LogP contribution in [0.15, 0.2) is 52.1 Å². The highest BCUT2D eigenvalue weighted by molar-refractivity contribution is 9.10. The van der Waals surface area contributed by atoms with Gasteiger partial charge in [-0.2, -0.15) is 4.68 Å². The number of carbonyl (C=O) groups is 1. The maximum atomic E-state index is 12.2. The van der Waals surface area contributed by atoms with Crippen molar-refractivity contribution in [3.8, 4) is 5.69 Å². The Morgan fingerprint density at radius 3 is 2.76 bits per heavy atom. The molecule has 25 heavy (non-hydrogen) atoms. The van der Waals surface area contributed by atoms with E-state index in [1.54, 1.807) is 16.8 Å². The number of rotatable bonds is 5. The first kappa shape index (κ1) is 17.9. The van der Waals surface area contributed by atoms with Gasteiger partial charge in [0.1, 0.15) is 0 Å². The number of hydrogen-bond donors (Lipinski definition) is 1. The smallest absolute Gasteiger partial charge is 0.234 e. The summed E-state index contributed by atoms with van der Waals surface area (Å²) in [7, 11) is 0. The monoisotopic (exact) mass is 437 g/mol. The van der Waals surface area contributed by atoms with E-state index in [2.05, 4.69) is 36.8 Å². The summed E-state index contributed by atoms with van der Waals surface area (Å²) in [5.74, 6) is 0.0739. The molecule has 0 unspecified atom stereocenters. The Morgan fingerprint density at radius 2 is 2.04 bits per heavy atom. The second-order valence-electron chi connectivity index (χ2n) is 5.15. The largest absolute Gasteiger partial charge is 0.325 e. The van der Waals surface area contributed by atoms with Crippen molar-refractivity contribution in [2.24, 2.45) is 0 Å². The van der Waals surface area contributed by atoms with Gasteiger partial charge in [0.25, 0.3) is 0 Å². The maximum Gasteiger partial charge on any atom is 0.234 e. The summed E-state index contributed by atoms with van der Waals surface area (Å²) in [5, 5.41) is 15.7. The maximum absolute atomic E-state index is 12.2. The fraction of sp³-hybridized carbons (Fsp3) is 0.125. The van der Waals surface area contributed by atoms with Gasteiger partial charge < -0.3 is 5.32 Å². The molecule has 0 spiro atoms. The van der Waals surface area contributed by atoms with E-state index in [0.29, 0.717) is 10.2 Å². The molecule has 1 amide bonds. The SMILES string of the molecule is Cc1cc(Br)ccc1NC(=O)CSc1nnnn1-c1ccc(Cl)cc1. The third-order valence-electron chi connectivity index (χ3n) is 3.31. The van der Waals surface area contributed by atoms with Gasteiger partial charge >= 0.3 is 0 Å². The molecule has 0 saturated heterocycles. The minimum absolute atomic E-state index is 0.124. The van der Waals surface area contributed by atoms with Crippen LogP contribution in [0.4, 0.5) is 5.69 Å². The van der Waals surface area contributed by atoms with E-state index in [1.807, 2.05) is 37.3 Å². The van der Waals surface area contributed by atoms with Gasteiger partial charge in [-0.3, -0.25) is 4.79 Å². The molecule has 9 heteroatoms. The number of halogens is 2. The number of thioether (sulfide) groups is 1. The normalized spacial score (nSPS) is 10.7. The Kier molecular flexibility index (Phi) is 5.72. The molecular weight excluding hydrogens is 426 g/mol. The van der Waals surface area contributed by atoms with Gasteiger partial charge in [-0.1, -0.05) is 39.3 Å². The zero-order valence-electron chi connectivity index (χ0n) is 13.1. The molecule has 6 nitrogen and oxygen atoms in total. The van der Waals surface area contributed by atoms with Crippen LogP contribution in [-0.2, 0) is 4.79 Å². The molecule has 0 aliphatic heterocycles. The molecule has 3 rings (SSSR count). The van der Waals surface area contributed by atoms with Crippen LogP contribution in [0.25, 0.3) is 5.69 Å². The van der Waals surface area contributed by atoms with Crippen molar-refractivity contribution in [1.29, 1.82) is 0 Å². The second-order valence-corrected chi connectivity index (χ2v) is 7.44. The van der Waals surface area contributed by atoms with Crippen LogP contribution in [-0.4, -0.2) is 31.9 Å². The number of nitrogens with one attached hydrogen (secondary N) is 1. The van der Waals surface area contributed by atoms with E-state index in [9.17, 15) is 4.79 Å². The van der Waals surface area contributed by atoms with E-state index < -0.39 is 0 Å². The first-order valence-corrected chi connectivity index (χ1v) is 9.42. The summed E-state index contributed by atoms with van der Waals surface area (Å²) in [6.45, 7) is 1.94. The zero-order chi connectivity index (χ0) is 17.8. The second kappa shape index (κ2) is 7.99. The lowest BCUT2D eigenvalue weighted by Crippen LogP contribution is -2.15. The Bertz CT molecular complexity index is 900. The minimum atomic E-state index is -0.124. The topological polar surface area (TPSA) is 72.7 Å². The van der Waals surface area contributed by atoms with Crippen molar-refractivity contribution in [3.05, 3.63) is 57.5 Å². The van der Waals surface area contributed by atoms with Gasteiger partial charge in [0, 0.05) is 15.2 Å². The minimum Gasteiger partial charge on any atom is -0.325 e. The molecule has 0 radical (unpaired) electrons. The number of benzene rings is 2. The average Bonchev–Trinajstić information content (AvgIpc) is 3.05. The molecule has 0 saturated carbocycles. The van der Waals surface area contributed by atoms with Crippen molar-refractivity contribution in [1.82, 2.24) is 20.2 Å². The van der Waals surface area contributed by atoms with Crippen LogP contribution < -0.4 is 5.32 Å². The number of tetrazole rings is 1. The first-order valence-electron chi connectivity index (χ1n) is 7.26. The van der Waals surface area contributed by atoms with Gasteiger partial charge in [-0.15, -0.1) is 5.10 Å². The number of nitrogens with zero attached hydrogens (tertiary/aromatic N) is 4. The number of aromatic nitrogens is 4. The fourth-order valence-corrected chi connectivity index (χ4v) is 3.39. The Labute approximate surface area is 162 Å². The predicted octanol–water partition coefficient (Wildman–Crippen LogP) is 4.12. The predicted molar refractivity (Wildman–Crippen MR) is 102 cm³/mol. The molecule has 0 aliphatic carbocycles. The van der Waals surface area contributed by atoms with Gasteiger partial charge in [0.15, 0.2) is 0 Å². The van der Waals surface area contributed by atoms with Gasteiger partial charge in [-0.05, 0) is 65.4 Å². The van der Waals surface area contributed by atoms with E-state index >= 15 is 0 Å². The van der Waals surface area contributed by atoms with Crippen LogP contribution in [0, 0.1) is 6.92 Å². The summed E-state index contributed by atoms with van der Waals surface area (Å²) in [5.41, 5.74) is 2.55. The quantitative estimate of drug-likeness (QED) is 0.607. The summed E-state index contributed by atoms with van der Waals surface area (Å²) in [4.78, 5) is 12.2. The molecule has 1 heterocycles. The third kappa shape index (κ3) is 4.59. The lowest BCUT2D eigenvalue weighted by Gasteiger charge is -2.08. The molecule has 1 aromatic heterocycles. The molecule has 0 fully saturated rings. The number of carbonyl (C=O) groups excluding carboxylic acids is 1. The zero-order valence-corrected chi connectivity index (χ0v) is 16.3. The van der Waals surface area contributed by atoms with Crippen molar-refractivity contribution >= 4 is 50.9 Å². The highest BCUT2D eigenvalue weighted by Crippen LogP contribution is 2.22.